The smallest absolute Gasteiger partial charge is 0.243 e. The van der Waals surface area contributed by atoms with Gasteiger partial charge in [0.1, 0.15) is 16.4 Å². The highest BCUT2D eigenvalue weighted by Crippen LogP contribution is 2.22. The summed E-state index contributed by atoms with van der Waals surface area (Å²) in [5.41, 5.74) is 4.30. The predicted octanol–water partition coefficient (Wildman–Crippen LogP) is 1.79. The third kappa shape index (κ3) is 3.27. The van der Waals surface area contributed by atoms with Crippen LogP contribution >= 0.6 is 0 Å². The Morgan fingerprint density at radius 3 is 2.67 bits per heavy atom. The third-order valence-electron chi connectivity index (χ3n) is 2.26. The number of rotatable bonds is 6. The van der Waals surface area contributed by atoms with Crippen molar-refractivity contribution in [2.45, 2.75) is 17.7 Å². The summed E-state index contributed by atoms with van der Waals surface area (Å²) in [4.78, 5) is -0.653. The first-order chi connectivity index (χ1) is 8.40. The van der Waals surface area contributed by atoms with Gasteiger partial charge in [-0.15, -0.1) is 6.58 Å². The molecule has 18 heavy (non-hydrogen) atoms. The molecule has 1 aromatic rings. The van der Waals surface area contributed by atoms with E-state index in [4.69, 9.17) is 5.73 Å². The summed E-state index contributed by atoms with van der Waals surface area (Å²) in [5.74, 6) is -2.26. The number of sulfonamides is 1. The number of hydrogen-bond donors (Lipinski definition) is 2. The number of nitrogens with one attached hydrogen (secondary N) is 1. The molecule has 0 radical (unpaired) electrons. The molecule has 0 saturated carbocycles. The van der Waals surface area contributed by atoms with Crippen molar-refractivity contribution < 1.29 is 17.2 Å². The molecular formula is C11H14F2N2O2S. The van der Waals surface area contributed by atoms with Crippen molar-refractivity contribution in [1.29, 1.82) is 0 Å². The van der Waals surface area contributed by atoms with Gasteiger partial charge in [0.05, 0.1) is 0 Å². The summed E-state index contributed by atoms with van der Waals surface area (Å²) in [6, 6.07) is 1.66. The molecule has 1 rings (SSSR count). The lowest BCUT2D eigenvalue weighted by molar-refractivity contribution is 0.547. The molecule has 0 aromatic heterocycles. The zero-order valence-electron chi connectivity index (χ0n) is 9.62. The Labute approximate surface area is 105 Å². The van der Waals surface area contributed by atoms with Crippen molar-refractivity contribution in [2.24, 2.45) is 0 Å². The van der Waals surface area contributed by atoms with E-state index in [1.54, 1.807) is 6.08 Å². The summed E-state index contributed by atoms with van der Waals surface area (Å²) < 4.78 is 52.1. The minimum atomic E-state index is -4.02. The van der Waals surface area contributed by atoms with E-state index in [9.17, 15) is 17.2 Å². The molecule has 0 aliphatic heterocycles. The average Bonchev–Trinajstić information content (AvgIpc) is 2.31. The standard InChI is InChI=1S/C11H14F2N2O2S/c1-2-3-4-7-15-18(16,17)9-6-5-8(12)11(14)10(9)13/h2,5-6,15H,1,3-4,7,14H2. The second kappa shape index (κ2) is 5.92. The van der Waals surface area contributed by atoms with E-state index < -0.39 is 32.2 Å². The minimum absolute atomic E-state index is 0.144. The van der Waals surface area contributed by atoms with Gasteiger partial charge in [-0.2, -0.15) is 0 Å². The van der Waals surface area contributed by atoms with Crippen molar-refractivity contribution in [3.05, 3.63) is 36.4 Å². The average molecular weight is 276 g/mol. The summed E-state index contributed by atoms with van der Waals surface area (Å²) in [7, 11) is -4.02. The Morgan fingerprint density at radius 1 is 1.39 bits per heavy atom. The fourth-order valence-corrected chi connectivity index (χ4v) is 2.45. The van der Waals surface area contributed by atoms with Crippen LogP contribution in [0.5, 0.6) is 0 Å². The lowest BCUT2D eigenvalue weighted by Crippen LogP contribution is -2.26. The molecule has 1 aromatic carbocycles. The van der Waals surface area contributed by atoms with Crippen LogP contribution in [-0.4, -0.2) is 15.0 Å². The highest BCUT2D eigenvalue weighted by atomic mass is 32.2. The molecule has 0 heterocycles. The first-order valence-corrected chi connectivity index (χ1v) is 6.72. The fraction of sp³-hybridized carbons (Fsp3) is 0.273. The minimum Gasteiger partial charge on any atom is -0.394 e. The van der Waals surface area contributed by atoms with Crippen LogP contribution in [0.4, 0.5) is 14.5 Å². The van der Waals surface area contributed by atoms with Gasteiger partial charge in [-0.1, -0.05) is 6.08 Å². The maximum absolute atomic E-state index is 13.5. The number of benzene rings is 1. The second-order valence-corrected chi connectivity index (χ2v) is 5.34. The lowest BCUT2D eigenvalue weighted by Gasteiger charge is -2.08. The monoisotopic (exact) mass is 276 g/mol. The molecule has 4 nitrogen and oxygen atoms in total. The lowest BCUT2D eigenvalue weighted by atomic mass is 10.3. The van der Waals surface area contributed by atoms with Gasteiger partial charge in [0.2, 0.25) is 10.0 Å². The van der Waals surface area contributed by atoms with E-state index in [2.05, 4.69) is 11.3 Å². The molecule has 0 bridgehead atoms. The first-order valence-electron chi connectivity index (χ1n) is 5.24. The van der Waals surface area contributed by atoms with Crippen LogP contribution in [0.25, 0.3) is 0 Å². The van der Waals surface area contributed by atoms with E-state index in [1.165, 1.54) is 0 Å². The topological polar surface area (TPSA) is 72.2 Å². The maximum Gasteiger partial charge on any atom is 0.243 e. The molecule has 0 amide bonds. The number of unbranched alkanes of at least 4 members (excludes halogenated alkanes) is 1. The number of hydrogen-bond acceptors (Lipinski definition) is 3. The van der Waals surface area contributed by atoms with Crippen LogP contribution in [-0.2, 0) is 10.0 Å². The van der Waals surface area contributed by atoms with Gasteiger partial charge < -0.3 is 5.73 Å². The van der Waals surface area contributed by atoms with Gasteiger partial charge in [0, 0.05) is 6.54 Å². The molecule has 0 atom stereocenters. The van der Waals surface area contributed by atoms with Crippen LogP contribution in [0.15, 0.2) is 29.7 Å². The molecule has 0 spiro atoms. The highest BCUT2D eigenvalue weighted by Gasteiger charge is 2.21. The van der Waals surface area contributed by atoms with Gasteiger partial charge in [-0.25, -0.2) is 21.9 Å². The van der Waals surface area contributed by atoms with Gasteiger partial charge in [-0.3, -0.25) is 0 Å². The van der Waals surface area contributed by atoms with E-state index >= 15 is 0 Å². The zero-order chi connectivity index (χ0) is 13.8. The summed E-state index contributed by atoms with van der Waals surface area (Å²) in [6.45, 7) is 3.64. The molecule has 0 aliphatic carbocycles. The van der Waals surface area contributed by atoms with E-state index in [0.717, 1.165) is 12.1 Å². The van der Waals surface area contributed by atoms with E-state index in [0.29, 0.717) is 12.8 Å². The number of halogens is 2. The summed E-state index contributed by atoms with van der Waals surface area (Å²) >= 11 is 0. The van der Waals surface area contributed by atoms with Crippen molar-refractivity contribution >= 4 is 15.7 Å². The molecule has 0 saturated heterocycles. The Hall–Kier alpha value is -1.47. The van der Waals surface area contributed by atoms with Crippen LogP contribution < -0.4 is 10.5 Å². The second-order valence-electron chi connectivity index (χ2n) is 3.60. The molecule has 7 heteroatoms. The largest absolute Gasteiger partial charge is 0.394 e. The molecule has 100 valence electrons. The van der Waals surface area contributed by atoms with Crippen molar-refractivity contribution in [3.63, 3.8) is 0 Å². The van der Waals surface area contributed by atoms with Gasteiger partial charge >= 0.3 is 0 Å². The van der Waals surface area contributed by atoms with Gasteiger partial charge in [0.25, 0.3) is 0 Å². The van der Waals surface area contributed by atoms with Crippen molar-refractivity contribution in [1.82, 2.24) is 4.72 Å². The summed E-state index contributed by atoms with van der Waals surface area (Å²) in [5, 5.41) is 0. The fourth-order valence-electron chi connectivity index (χ4n) is 1.29. The van der Waals surface area contributed by atoms with Crippen LogP contribution in [0, 0.1) is 11.6 Å². The molecule has 3 N–H and O–H groups in total. The van der Waals surface area contributed by atoms with Crippen molar-refractivity contribution in [3.8, 4) is 0 Å². The van der Waals surface area contributed by atoms with E-state index in [-0.39, 0.29) is 6.54 Å². The normalized spacial score (nSPS) is 11.4. The molecular weight excluding hydrogens is 262 g/mol. The van der Waals surface area contributed by atoms with Crippen LogP contribution in [0.2, 0.25) is 0 Å². The Balaban J connectivity index is 2.92. The predicted molar refractivity (Wildman–Crippen MR) is 65.4 cm³/mol. The number of nitrogens with two attached hydrogens (primary N) is 1. The first kappa shape index (κ1) is 14.6. The van der Waals surface area contributed by atoms with Crippen molar-refractivity contribution in [2.75, 3.05) is 12.3 Å². The molecule has 0 aliphatic rings. The zero-order valence-corrected chi connectivity index (χ0v) is 10.4. The highest BCUT2D eigenvalue weighted by molar-refractivity contribution is 7.89. The number of nitrogen functional groups attached to an aromatic ring is 1. The molecule has 0 unspecified atom stereocenters. The Bertz CT molecular complexity index is 544. The SMILES string of the molecule is C=CCCCNS(=O)(=O)c1ccc(F)c(N)c1F. The van der Waals surface area contributed by atoms with Gasteiger partial charge in [0.15, 0.2) is 5.82 Å². The maximum atomic E-state index is 13.5. The Kier molecular flexibility index (Phi) is 4.80. The van der Waals surface area contributed by atoms with E-state index in [1.807, 2.05) is 0 Å². The van der Waals surface area contributed by atoms with Crippen LogP contribution in [0.1, 0.15) is 12.8 Å². The third-order valence-corrected chi connectivity index (χ3v) is 3.74. The molecule has 0 fully saturated rings. The van der Waals surface area contributed by atoms with Gasteiger partial charge in [-0.05, 0) is 25.0 Å². The summed E-state index contributed by atoms with van der Waals surface area (Å²) in [6.07, 6.45) is 2.82. The number of anilines is 1. The number of allylic oxidation sites excluding steroid dienone is 1. The quantitative estimate of drug-likeness (QED) is 0.472. The van der Waals surface area contributed by atoms with Crippen LogP contribution in [0.3, 0.4) is 0 Å². The Morgan fingerprint density at radius 2 is 2.06 bits per heavy atom.